The van der Waals surface area contributed by atoms with Crippen LogP contribution in [0, 0.1) is 0 Å². The van der Waals surface area contributed by atoms with Crippen molar-refractivity contribution >= 4 is 32.6 Å². The van der Waals surface area contributed by atoms with Gasteiger partial charge in [-0.25, -0.2) is 0 Å². The Bertz CT molecular complexity index is 2060. The Morgan fingerprint density at radius 3 is 2.13 bits per heavy atom. The second-order valence-corrected chi connectivity index (χ2v) is 11.0. The van der Waals surface area contributed by atoms with Gasteiger partial charge in [-0.2, -0.15) is 0 Å². The average molecular weight is 502 g/mol. The Kier molecular flexibility index (Phi) is 4.60. The van der Waals surface area contributed by atoms with Crippen molar-refractivity contribution in [1.82, 2.24) is 4.57 Å². The van der Waals surface area contributed by atoms with E-state index in [1.165, 1.54) is 60.5 Å². The molecule has 0 spiro atoms. The largest absolute Gasteiger partial charge is 0.457 e. The molecule has 0 aliphatic carbocycles. The van der Waals surface area contributed by atoms with Crippen LogP contribution < -0.4 is 4.74 Å². The highest BCUT2D eigenvalue weighted by Crippen LogP contribution is 2.49. The summed E-state index contributed by atoms with van der Waals surface area (Å²) in [7, 11) is 0. The Balaban J connectivity index is 1.37. The number of ether oxygens (including phenoxy) is 1. The third-order valence-corrected chi connectivity index (χ3v) is 8.43. The highest BCUT2D eigenvalue weighted by molar-refractivity contribution is 6.19. The van der Waals surface area contributed by atoms with Gasteiger partial charge < -0.3 is 9.30 Å². The first-order valence-corrected chi connectivity index (χ1v) is 13.5. The Morgan fingerprint density at radius 2 is 1.23 bits per heavy atom. The van der Waals surface area contributed by atoms with E-state index >= 15 is 0 Å². The zero-order valence-corrected chi connectivity index (χ0v) is 22.0. The van der Waals surface area contributed by atoms with Crippen LogP contribution in [0.1, 0.15) is 25.0 Å². The van der Waals surface area contributed by atoms with Gasteiger partial charge in [-0.05, 0) is 59.0 Å². The van der Waals surface area contributed by atoms with Gasteiger partial charge in [0.05, 0.1) is 11.0 Å². The van der Waals surface area contributed by atoms with Gasteiger partial charge in [-0.1, -0.05) is 98.8 Å². The van der Waals surface area contributed by atoms with E-state index in [2.05, 4.69) is 140 Å². The van der Waals surface area contributed by atoms with E-state index in [0.29, 0.717) is 0 Å². The van der Waals surface area contributed by atoms with Crippen molar-refractivity contribution in [3.63, 3.8) is 0 Å². The minimum Gasteiger partial charge on any atom is -0.457 e. The second-order valence-electron chi connectivity index (χ2n) is 11.0. The smallest absolute Gasteiger partial charge is 0.131 e. The van der Waals surface area contributed by atoms with Crippen LogP contribution in [0.5, 0.6) is 11.5 Å². The topological polar surface area (TPSA) is 14.2 Å². The Morgan fingerprint density at radius 1 is 0.538 bits per heavy atom. The van der Waals surface area contributed by atoms with Gasteiger partial charge in [-0.3, -0.25) is 0 Å². The highest BCUT2D eigenvalue weighted by Gasteiger charge is 2.34. The maximum absolute atomic E-state index is 6.33. The van der Waals surface area contributed by atoms with Crippen molar-refractivity contribution in [2.24, 2.45) is 0 Å². The fourth-order valence-corrected chi connectivity index (χ4v) is 6.43. The van der Waals surface area contributed by atoms with Crippen LogP contribution in [0.3, 0.4) is 0 Å². The summed E-state index contributed by atoms with van der Waals surface area (Å²) in [5, 5.41) is 5.04. The molecule has 0 N–H and O–H groups in total. The van der Waals surface area contributed by atoms with Gasteiger partial charge in [0, 0.05) is 38.4 Å². The lowest BCUT2D eigenvalue weighted by atomic mass is 9.75. The predicted molar refractivity (Wildman–Crippen MR) is 162 cm³/mol. The fraction of sp³-hybridized carbons (Fsp3) is 0.0811. The number of para-hydroxylation sites is 3. The maximum atomic E-state index is 6.33. The quantitative estimate of drug-likeness (QED) is 0.230. The normalized spacial score (nSPS) is 13.8. The summed E-state index contributed by atoms with van der Waals surface area (Å²) in [6.07, 6.45) is 0. The minimum atomic E-state index is -0.149. The molecule has 186 valence electrons. The summed E-state index contributed by atoms with van der Waals surface area (Å²) in [5.41, 5.74) is 8.35. The first-order chi connectivity index (χ1) is 19.1. The van der Waals surface area contributed by atoms with E-state index in [-0.39, 0.29) is 5.41 Å². The fourth-order valence-electron chi connectivity index (χ4n) is 6.43. The number of hydrogen-bond donors (Lipinski definition) is 0. The molecule has 0 bridgehead atoms. The SMILES string of the molecule is CC1(C)c2ccccc2Oc2ccc(-c3ccc4ccc5c6ccccc6n(-c6ccccc6)c5c4c3)cc21. The maximum Gasteiger partial charge on any atom is 0.131 e. The van der Waals surface area contributed by atoms with Gasteiger partial charge in [0.2, 0.25) is 0 Å². The van der Waals surface area contributed by atoms with Crippen LogP contribution in [-0.4, -0.2) is 4.57 Å². The van der Waals surface area contributed by atoms with Crippen LogP contribution in [0.15, 0.2) is 127 Å². The molecule has 2 nitrogen and oxygen atoms in total. The minimum absolute atomic E-state index is 0.149. The molecule has 0 saturated carbocycles. The molecule has 39 heavy (non-hydrogen) atoms. The van der Waals surface area contributed by atoms with E-state index in [4.69, 9.17) is 4.74 Å². The zero-order valence-electron chi connectivity index (χ0n) is 22.0. The third-order valence-electron chi connectivity index (χ3n) is 8.43. The number of hydrogen-bond acceptors (Lipinski definition) is 1. The lowest BCUT2D eigenvalue weighted by Gasteiger charge is -2.34. The first-order valence-electron chi connectivity index (χ1n) is 13.5. The van der Waals surface area contributed by atoms with Crippen LogP contribution in [-0.2, 0) is 5.41 Å². The molecule has 0 saturated heterocycles. The summed E-state index contributed by atoms with van der Waals surface area (Å²) in [6, 6.07) is 45.8. The van der Waals surface area contributed by atoms with E-state index in [1.807, 2.05) is 6.07 Å². The van der Waals surface area contributed by atoms with E-state index < -0.39 is 0 Å². The summed E-state index contributed by atoms with van der Waals surface area (Å²) < 4.78 is 8.74. The van der Waals surface area contributed by atoms with E-state index in [9.17, 15) is 0 Å². The number of nitrogens with zero attached hydrogens (tertiary/aromatic N) is 1. The lowest BCUT2D eigenvalue weighted by Crippen LogP contribution is -2.24. The predicted octanol–water partition coefficient (Wildman–Crippen LogP) is 10.0. The van der Waals surface area contributed by atoms with E-state index in [0.717, 1.165) is 11.5 Å². The van der Waals surface area contributed by atoms with Gasteiger partial charge in [0.15, 0.2) is 0 Å². The average Bonchev–Trinajstić information content (AvgIpc) is 3.32. The van der Waals surface area contributed by atoms with E-state index in [1.54, 1.807) is 0 Å². The molecule has 1 aromatic heterocycles. The number of aromatic nitrogens is 1. The first kappa shape index (κ1) is 22.2. The highest BCUT2D eigenvalue weighted by atomic mass is 16.5. The molecule has 0 radical (unpaired) electrons. The molecule has 0 amide bonds. The summed E-state index contributed by atoms with van der Waals surface area (Å²) in [5.74, 6) is 1.89. The summed E-state index contributed by atoms with van der Waals surface area (Å²) in [4.78, 5) is 0. The van der Waals surface area contributed by atoms with Crippen LogP contribution in [0.4, 0.5) is 0 Å². The van der Waals surface area contributed by atoms with Crippen molar-refractivity contribution < 1.29 is 4.74 Å². The van der Waals surface area contributed by atoms with Crippen molar-refractivity contribution in [3.8, 4) is 28.3 Å². The lowest BCUT2D eigenvalue weighted by molar-refractivity contribution is 0.418. The van der Waals surface area contributed by atoms with Crippen molar-refractivity contribution in [3.05, 3.63) is 139 Å². The number of rotatable bonds is 2. The Labute approximate surface area is 227 Å². The molecule has 0 fully saturated rings. The molecule has 0 unspecified atom stereocenters. The Hall–Kier alpha value is -4.82. The zero-order chi connectivity index (χ0) is 26.1. The molecule has 1 aliphatic rings. The van der Waals surface area contributed by atoms with Crippen molar-refractivity contribution in [2.45, 2.75) is 19.3 Å². The van der Waals surface area contributed by atoms with Crippen LogP contribution >= 0.6 is 0 Å². The molecule has 0 atom stereocenters. The molecule has 2 heterocycles. The molecular formula is C37H27NO. The van der Waals surface area contributed by atoms with Crippen molar-refractivity contribution in [2.75, 3.05) is 0 Å². The summed E-state index contributed by atoms with van der Waals surface area (Å²) in [6.45, 7) is 4.58. The van der Waals surface area contributed by atoms with Gasteiger partial charge in [0.1, 0.15) is 11.5 Å². The molecular weight excluding hydrogens is 474 g/mol. The van der Waals surface area contributed by atoms with Gasteiger partial charge in [0.25, 0.3) is 0 Å². The molecule has 6 aromatic carbocycles. The molecule has 7 aromatic rings. The number of benzene rings is 6. The van der Waals surface area contributed by atoms with Crippen molar-refractivity contribution in [1.29, 1.82) is 0 Å². The van der Waals surface area contributed by atoms with Crippen LogP contribution in [0.2, 0.25) is 0 Å². The second kappa shape index (κ2) is 8.09. The standard InChI is InChI=1S/C37H27NO/c1-37(2)31-13-7-9-15-34(31)39-35-21-19-26(23-32(35)37)25-17-16-24-18-20-29-28-12-6-8-14-33(28)38(36(29)30(24)22-25)27-10-4-3-5-11-27/h3-23H,1-2H3. The molecule has 8 rings (SSSR count). The molecule has 1 aliphatic heterocycles. The van der Waals surface area contributed by atoms with Gasteiger partial charge >= 0.3 is 0 Å². The number of fused-ring (bicyclic) bond motifs is 7. The van der Waals surface area contributed by atoms with Crippen LogP contribution in [0.25, 0.3) is 49.4 Å². The summed E-state index contributed by atoms with van der Waals surface area (Å²) >= 11 is 0. The molecule has 2 heteroatoms. The van der Waals surface area contributed by atoms with Gasteiger partial charge in [-0.15, -0.1) is 0 Å². The third kappa shape index (κ3) is 3.21. The monoisotopic (exact) mass is 501 g/mol.